The quantitative estimate of drug-likeness (QED) is 0.499. The van der Waals surface area contributed by atoms with E-state index in [1.54, 1.807) is 25.2 Å². The van der Waals surface area contributed by atoms with E-state index in [4.69, 9.17) is 4.74 Å². The largest absolute Gasteiger partial charge is 0.469 e. The van der Waals surface area contributed by atoms with E-state index in [0.29, 0.717) is 44.0 Å². The zero-order valence-corrected chi connectivity index (χ0v) is 14.4. The van der Waals surface area contributed by atoms with E-state index in [0.717, 1.165) is 0 Å². The lowest BCUT2D eigenvalue weighted by molar-refractivity contribution is -0.146. The molecule has 6 nitrogen and oxygen atoms in total. The Labute approximate surface area is 145 Å². The molecule has 1 fully saturated rings. The van der Waals surface area contributed by atoms with Crippen molar-refractivity contribution in [3.8, 4) is 5.75 Å². The first-order valence-corrected chi connectivity index (χ1v) is 8.11. The Bertz CT molecular complexity index is 603. The molecule has 0 aliphatic carbocycles. The third kappa shape index (κ3) is 5.30. The van der Waals surface area contributed by atoms with E-state index in [1.807, 2.05) is 4.90 Å². The molecule has 0 atom stereocenters. The second-order valence-electron chi connectivity index (χ2n) is 5.67. The first-order valence-electron chi connectivity index (χ1n) is 8.11. The summed E-state index contributed by atoms with van der Waals surface area (Å²) in [6, 6.07) is 6.64. The smallest absolute Gasteiger partial charge is 0.387 e. The van der Waals surface area contributed by atoms with Crippen LogP contribution in [0.25, 0.3) is 0 Å². The lowest BCUT2D eigenvalue weighted by atomic mass is 9.97. The summed E-state index contributed by atoms with van der Waals surface area (Å²) in [4.78, 5) is 17.9. The summed E-state index contributed by atoms with van der Waals surface area (Å²) in [5, 5.41) is 3.16. The third-order valence-electron chi connectivity index (χ3n) is 4.17. The maximum Gasteiger partial charge on any atom is 0.387 e. The number of nitrogens with zero attached hydrogens (tertiary/aromatic N) is 2. The van der Waals surface area contributed by atoms with Crippen LogP contribution >= 0.6 is 0 Å². The van der Waals surface area contributed by atoms with E-state index >= 15 is 0 Å². The number of likely N-dealkylation sites (tertiary alicyclic amines) is 1. The Morgan fingerprint density at radius 3 is 2.64 bits per heavy atom. The number of esters is 1. The van der Waals surface area contributed by atoms with Gasteiger partial charge in [0.15, 0.2) is 5.96 Å². The number of nitrogens with one attached hydrogen (secondary N) is 1. The molecule has 0 aromatic heterocycles. The van der Waals surface area contributed by atoms with Crippen molar-refractivity contribution in [3.05, 3.63) is 29.8 Å². The van der Waals surface area contributed by atoms with Crippen molar-refractivity contribution >= 4 is 11.9 Å². The van der Waals surface area contributed by atoms with Gasteiger partial charge in [0.1, 0.15) is 5.75 Å². The minimum atomic E-state index is -2.86. The number of benzene rings is 1. The van der Waals surface area contributed by atoms with Crippen LogP contribution in [-0.4, -0.2) is 50.7 Å². The summed E-state index contributed by atoms with van der Waals surface area (Å²) in [7, 11) is 3.06. The minimum Gasteiger partial charge on any atom is -0.469 e. The van der Waals surface area contributed by atoms with Gasteiger partial charge in [-0.3, -0.25) is 9.79 Å². The summed E-state index contributed by atoms with van der Waals surface area (Å²) in [5.74, 6) is 0.542. The third-order valence-corrected chi connectivity index (χ3v) is 4.17. The molecular weight excluding hydrogens is 332 g/mol. The normalized spacial score (nSPS) is 16.0. The van der Waals surface area contributed by atoms with Gasteiger partial charge >= 0.3 is 12.6 Å². The van der Waals surface area contributed by atoms with Crippen molar-refractivity contribution in [1.29, 1.82) is 0 Å². The number of hydrogen-bond acceptors (Lipinski definition) is 4. The molecule has 1 aliphatic heterocycles. The van der Waals surface area contributed by atoms with Gasteiger partial charge in [0.2, 0.25) is 0 Å². The van der Waals surface area contributed by atoms with Gasteiger partial charge in [-0.25, -0.2) is 0 Å². The van der Waals surface area contributed by atoms with Gasteiger partial charge in [-0.05, 0) is 18.9 Å². The van der Waals surface area contributed by atoms with Gasteiger partial charge in [-0.15, -0.1) is 0 Å². The number of methoxy groups -OCH3 is 1. The molecule has 0 radical (unpaired) electrons. The molecule has 0 amide bonds. The first-order chi connectivity index (χ1) is 12.0. The average molecular weight is 355 g/mol. The van der Waals surface area contributed by atoms with Crippen LogP contribution in [0.2, 0.25) is 0 Å². The molecule has 1 aromatic carbocycles. The maximum absolute atomic E-state index is 12.5. The van der Waals surface area contributed by atoms with Crippen LogP contribution < -0.4 is 10.1 Å². The minimum absolute atomic E-state index is 0.0838. The molecule has 0 spiro atoms. The summed E-state index contributed by atoms with van der Waals surface area (Å²) < 4.78 is 34.3. The summed E-state index contributed by atoms with van der Waals surface area (Å²) >= 11 is 0. The Balaban J connectivity index is 1.93. The van der Waals surface area contributed by atoms with E-state index in [2.05, 4.69) is 15.0 Å². The molecule has 0 saturated carbocycles. The lowest BCUT2D eigenvalue weighted by Gasteiger charge is -2.33. The maximum atomic E-state index is 12.5. The SMILES string of the molecule is CN=C(NCc1ccccc1OC(F)F)N1CCC(C(=O)OC)CC1. The van der Waals surface area contributed by atoms with Crippen LogP contribution in [0, 0.1) is 5.92 Å². The average Bonchev–Trinajstić information content (AvgIpc) is 2.63. The van der Waals surface area contributed by atoms with Crippen LogP contribution in [-0.2, 0) is 16.1 Å². The molecule has 1 heterocycles. The molecule has 1 saturated heterocycles. The fraction of sp³-hybridized carbons (Fsp3) is 0.529. The summed E-state index contributed by atoms with van der Waals surface area (Å²) in [6.45, 7) is -1.20. The molecule has 1 aromatic rings. The fourth-order valence-electron chi connectivity index (χ4n) is 2.86. The number of para-hydroxylation sites is 1. The van der Waals surface area contributed by atoms with Gasteiger partial charge < -0.3 is 19.7 Å². The molecule has 25 heavy (non-hydrogen) atoms. The monoisotopic (exact) mass is 355 g/mol. The van der Waals surface area contributed by atoms with Crippen LogP contribution in [0.3, 0.4) is 0 Å². The van der Waals surface area contributed by atoms with Gasteiger partial charge in [-0.2, -0.15) is 8.78 Å². The van der Waals surface area contributed by atoms with Crippen molar-refractivity contribution in [2.45, 2.75) is 26.0 Å². The molecular formula is C17H23F2N3O3. The zero-order chi connectivity index (χ0) is 18.2. The van der Waals surface area contributed by atoms with Gasteiger partial charge in [0.25, 0.3) is 0 Å². The number of piperidine rings is 1. The van der Waals surface area contributed by atoms with E-state index < -0.39 is 6.61 Å². The summed E-state index contributed by atoms with van der Waals surface area (Å²) in [6.07, 6.45) is 1.39. The fourth-order valence-corrected chi connectivity index (χ4v) is 2.86. The molecule has 138 valence electrons. The highest BCUT2D eigenvalue weighted by Crippen LogP contribution is 2.21. The van der Waals surface area contributed by atoms with Crippen molar-refractivity contribution in [2.75, 3.05) is 27.2 Å². The highest BCUT2D eigenvalue weighted by molar-refractivity contribution is 5.80. The molecule has 0 unspecified atom stereocenters. The van der Waals surface area contributed by atoms with Gasteiger partial charge in [-0.1, -0.05) is 18.2 Å². The number of rotatable bonds is 5. The topological polar surface area (TPSA) is 63.2 Å². The van der Waals surface area contributed by atoms with Crippen molar-refractivity contribution in [3.63, 3.8) is 0 Å². The van der Waals surface area contributed by atoms with Gasteiger partial charge in [0, 0.05) is 32.2 Å². The second-order valence-corrected chi connectivity index (χ2v) is 5.67. The van der Waals surface area contributed by atoms with E-state index in [1.165, 1.54) is 13.2 Å². The molecule has 0 bridgehead atoms. The highest BCUT2D eigenvalue weighted by atomic mass is 19.3. The highest BCUT2D eigenvalue weighted by Gasteiger charge is 2.27. The number of aliphatic imine (C=N–C) groups is 1. The van der Waals surface area contributed by atoms with Crippen LogP contribution in [0.5, 0.6) is 5.75 Å². The predicted octanol–water partition coefficient (Wildman–Crippen LogP) is 2.25. The number of halogens is 2. The Morgan fingerprint density at radius 2 is 2.04 bits per heavy atom. The number of carbonyl (C=O) groups is 1. The number of carbonyl (C=O) groups excluding carboxylic acids is 1. The molecule has 8 heteroatoms. The van der Waals surface area contributed by atoms with E-state index in [9.17, 15) is 13.6 Å². The van der Waals surface area contributed by atoms with E-state index in [-0.39, 0.29) is 17.6 Å². The molecule has 1 N–H and O–H groups in total. The summed E-state index contributed by atoms with van der Waals surface area (Å²) in [5.41, 5.74) is 0.619. The zero-order valence-electron chi connectivity index (χ0n) is 14.4. The van der Waals surface area contributed by atoms with Crippen LogP contribution in [0.15, 0.2) is 29.3 Å². The molecule has 2 rings (SSSR count). The van der Waals surface area contributed by atoms with Crippen molar-refractivity contribution in [2.24, 2.45) is 10.9 Å². The second kappa shape index (κ2) is 9.19. The lowest BCUT2D eigenvalue weighted by Crippen LogP contribution is -2.46. The Morgan fingerprint density at radius 1 is 1.36 bits per heavy atom. The van der Waals surface area contributed by atoms with Crippen molar-refractivity contribution in [1.82, 2.24) is 10.2 Å². The number of guanidine groups is 1. The standard InChI is InChI=1S/C17H23F2N3O3/c1-20-17(22-9-7-12(8-10-22)15(23)24-2)21-11-13-5-3-4-6-14(13)25-16(18)19/h3-6,12,16H,7-11H2,1-2H3,(H,20,21). The first kappa shape index (κ1) is 19.0. The molecule has 1 aliphatic rings. The Hall–Kier alpha value is -2.38. The van der Waals surface area contributed by atoms with Crippen LogP contribution in [0.4, 0.5) is 8.78 Å². The number of ether oxygens (including phenoxy) is 2. The Kier molecular flexibility index (Phi) is 6.97. The predicted molar refractivity (Wildman–Crippen MR) is 89.6 cm³/mol. The number of alkyl halides is 2. The van der Waals surface area contributed by atoms with Crippen LogP contribution in [0.1, 0.15) is 18.4 Å². The number of hydrogen-bond donors (Lipinski definition) is 1. The van der Waals surface area contributed by atoms with Gasteiger partial charge in [0.05, 0.1) is 13.0 Å². The van der Waals surface area contributed by atoms with Crippen molar-refractivity contribution < 1.29 is 23.0 Å².